The van der Waals surface area contributed by atoms with E-state index in [2.05, 4.69) is 31.4 Å². The van der Waals surface area contributed by atoms with E-state index in [1.165, 1.54) is 5.56 Å². The lowest BCUT2D eigenvalue weighted by atomic mass is 9.87. The molecule has 2 amide bonds. The van der Waals surface area contributed by atoms with Gasteiger partial charge in [-0.05, 0) is 52.3 Å². The summed E-state index contributed by atoms with van der Waals surface area (Å²) in [4.78, 5) is 25.2. The summed E-state index contributed by atoms with van der Waals surface area (Å²) in [5, 5.41) is 8.02. The summed E-state index contributed by atoms with van der Waals surface area (Å²) in [5.74, 6) is -0.283. The van der Waals surface area contributed by atoms with Crippen molar-refractivity contribution in [1.29, 1.82) is 0 Å². The molecule has 0 heterocycles. The maximum absolute atomic E-state index is 12.7. The van der Waals surface area contributed by atoms with E-state index >= 15 is 0 Å². The molecule has 4 heteroatoms. The average molecular weight is 437 g/mol. The number of nitrogens with one attached hydrogen (secondary N) is 2. The van der Waals surface area contributed by atoms with Crippen LogP contribution in [-0.4, -0.2) is 11.8 Å². The number of fused-ring (bicyclic) bond motifs is 1. The van der Waals surface area contributed by atoms with Gasteiger partial charge in [0.05, 0.1) is 0 Å². The molecule has 0 aliphatic rings. The molecular weight excluding hydrogens is 408 g/mol. The number of anilines is 1. The zero-order valence-electron chi connectivity index (χ0n) is 19.2. The summed E-state index contributed by atoms with van der Waals surface area (Å²) in [6.07, 6.45) is 0. The average Bonchev–Trinajstić information content (AvgIpc) is 2.82. The first-order chi connectivity index (χ1) is 15.8. The number of rotatable bonds is 5. The largest absolute Gasteiger partial charge is 0.348 e. The monoisotopic (exact) mass is 436 g/mol. The Hall–Kier alpha value is -3.92. The second-order valence-electron chi connectivity index (χ2n) is 9.19. The quantitative estimate of drug-likeness (QED) is 0.385. The van der Waals surface area contributed by atoms with Crippen molar-refractivity contribution in [3.8, 4) is 0 Å². The Morgan fingerprint density at radius 1 is 0.697 bits per heavy atom. The van der Waals surface area contributed by atoms with E-state index in [-0.39, 0.29) is 17.2 Å². The highest BCUT2D eigenvalue weighted by Gasteiger charge is 2.14. The molecule has 0 aliphatic heterocycles. The summed E-state index contributed by atoms with van der Waals surface area (Å²) in [5.41, 5.74) is 4.15. The summed E-state index contributed by atoms with van der Waals surface area (Å²) < 4.78 is 0. The maximum atomic E-state index is 12.7. The van der Waals surface area contributed by atoms with Gasteiger partial charge in [-0.2, -0.15) is 0 Å². The standard InChI is InChI=1S/C29H28N2O2/c1-29(2,3)24-17-15-22(16-18-24)27(32)30-19-20-11-13-23(14-12-20)28(33)31-26-10-6-8-21-7-4-5-9-25(21)26/h4-18H,19H2,1-3H3,(H,30,32)(H,31,33). The van der Waals surface area contributed by atoms with E-state index in [4.69, 9.17) is 0 Å². The van der Waals surface area contributed by atoms with Gasteiger partial charge < -0.3 is 10.6 Å². The molecule has 0 aromatic heterocycles. The first-order valence-corrected chi connectivity index (χ1v) is 11.1. The fraction of sp³-hybridized carbons (Fsp3) is 0.172. The van der Waals surface area contributed by atoms with Crippen LogP contribution in [0.1, 0.15) is 52.6 Å². The van der Waals surface area contributed by atoms with Crippen molar-refractivity contribution in [3.05, 3.63) is 113 Å². The molecule has 0 aliphatic carbocycles. The van der Waals surface area contributed by atoms with Crippen LogP contribution in [0.15, 0.2) is 91.0 Å². The molecule has 166 valence electrons. The minimum Gasteiger partial charge on any atom is -0.348 e. The first-order valence-electron chi connectivity index (χ1n) is 11.1. The Morgan fingerprint density at radius 2 is 1.30 bits per heavy atom. The normalized spacial score (nSPS) is 11.2. The van der Waals surface area contributed by atoms with Crippen LogP contribution >= 0.6 is 0 Å². The summed E-state index contributed by atoms with van der Waals surface area (Å²) >= 11 is 0. The van der Waals surface area contributed by atoms with E-state index in [9.17, 15) is 9.59 Å². The number of amides is 2. The van der Waals surface area contributed by atoms with Crippen molar-refractivity contribution in [2.45, 2.75) is 32.7 Å². The topological polar surface area (TPSA) is 58.2 Å². The minimum absolute atomic E-state index is 0.0522. The smallest absolute Gasteiger partial charge is 0.255 e. The van der Waals surface area contributed by atoms with Crippen molar-refractivity contribution < 1.29 is 9.59 Å². The van der Waals surface area contributed by atoms with Crippen molar-refractivity contribution in [1.82, 2.24) is 5.32 Å². The van der Waals surface area contributed by atoms with E-state index in [0.717, 1.165) is 22.0 Å². The third-order valence-corrected chi connectivity index (χ3v) is 5.72. The van der Waals surface area contributed by atoms with Gasteiger partial charge in [0.1, 0.15) is 0 Å². The predicted molar refractivity (Wildman–Crippen MR) is 135 cm³/mol. The second-order valence-corrected chi connectivity index (χ2v) is 9.19. The Kier molecular flexibility index (Phi) is 6.27. The highest BCUT2D eigenvalue weighted by Crippen LogP contribution is 2.24. The summed E-state index contributed by atoms with van der Waals surface area (Å²) in [7, 11) is 0. The molecule has 33 heavy (non-hydrogen) atoms. The maximum Gasteiger partial charge on any atom is 0.255 e. The number of carbonyl (C=O) groups excluding carboxylic acids is 2. The molecule has 0 atom stereocenters. The molecular formula is C29H28N2O2. The number of benzene rings is 4. The summed E-state index contributed by atoms with van der Waals surface area (Å²) in [6.45, 7) is 6.83. The van der Waals surface area contributed by atoms with Crippen molar-refractivity contribution >= 4 is 28.3 Å². The summed E-state index contributed by atoms with van der Waals surface area (Å²) in [6, 6.07) is 28.8. The van der Waals surface area contributed by atoms with Crippen LogP contribution in [-0.2, 0) is 12.0 Å². The molecule has 0 unspecified atom stereocenters. The van der Waals surface area contributed by atoms with E-state index < -0.39 is 0 Å². The molecule has 0 saturated heterocycles. The Morgan fingerprint density at radius 3 is 2.00 bits per heavy atom. The fourth-order valence-electron chi connectivity index (χ4n) is 3.71. The van der Waals surface area contributed by atoms with Gasteiger partial charge >= 0.3 is 0 Å². The van der Waals surface area contributed by atoms with Crippen LogP contribution in [0, 0.1) is 0 Å². The molecule has 4 rings (SSSR count). The van der Waals surface area contributed by atoms with Gasteiger partial charge in [-0.15, -0.1) is 0 Å². The van der Waals surface area contributed by atoms with Gasteiger partial charge in [0.2, 0.25) is 0 Å². The molecule has 0 bridgehead atoms. The SMILES string of the molecule is CC(C)(C)c1ccc(C(=O)NCc2ccc(C(=O)Nc3cccc4ccccc34)cc2)cc1. The molecule has 2 N–H and O–H groups in total. The van der Waals surface area contributed by atoms with Crippen LogP contribution in [0.25, 0.3) is 10.8 Å². The van der Waals surface area contributed by atoms with E-state index in [0.29, 0.717) is 17.7 Å². The Labute approximate surface area is 194 Å². The molecule has 0 radical (unpaired) electrons. The van der Waals surface area contributed by atoms with Crippen LogP contribution in [0.3, 0.4) is 0 Å². The van der Waals surface area contributed by atoms with Crippen LogP contribution < -0.4 is 10.6 Å². The molecule has 0 fully saturated rings. The molecule has 4 nitrogen and oxygen atoms in total. The van der Waals surface area contributed by atoms with Crippen LogP contribution in [0.4, 0.5) is 5.69 Å². The van der Waals surface area contributed by atoms with Crippen LogP contribution in [0.5, 0.6) is 0 Å². The van der Waals surface area contributed by atoms with Gasteiger partial charge in [-0.3, -0.25) is 9.59 Å². The molecule has 4 aromatic rings. The van der Waals surface area contributed by atoms with E-state index in [1.54, 1.807) is 12.1 Å². The third kappa shape index (κ3) is 5.29. The fourth-order valence-corrected chi connectivity index (χ4v) is 3.71. The predicted octanol–water partition coefficient (Wildman–Crippen LogP) is 6.32. The van der Waals surface area contributed by atoms with Crippen molar-refractivity contribution in [3.63, 3.8) is 0 Å². The van der Waals surface area contributed by atoms with Crippen molar-refractivity contribution in [2.75, 3.05) is 5.32 Å². The van der Waals surface area contributed by atoms with Crippen molar-refractivity contribution in [2.24, 2.45) is 0 Å². The van der Waals surface area contributed by atoms with Crippen LogP contribution in [0.2, 0.25) is 0 Å². The lowest BCUT2D eigenvalue weighted by molar-refractivity contribution is 0.0949. The molecule has 0 saturated carbocycles. The van der Waals surface area contributed by atoms with Gasteiger partial charge in [-0.1, -0.05) is 81.4 Å². The second kappa shape index (κ2) is 9.29. The minimum atomic E-state index is -0.166. The number of hydrogen-bond acceptors (Lipinski definition) is 2. The first kappa shape index (κ1) is 22.3. The van der Waals surface area contributed by atoms with Gasteiger partial charge in [-0.25, -0.2) is 0 Å². The highest BCUT2D eigenvalue weighted by atomic mass is 16.2. The Balaban J connectivity index is 1.37. The van der Waals surface area contributed by atoms with Gasteiger partial charge in [0.25, 0.3) is 11.8 Å². The number of hydrogen-bond donors (Lipinski definition) is 2. The lowest BCUT2D eigenvalue weighted by Crippen LogP contribution is -2.23. The van der Waals surface area contributed by atoms with E-state index in [1.807, 2.05) is 78.9 Å². The highest BCUT2D eigenvalue weighted by molar-refractivity contribution is 6.09. The molecule has 4 aromatic carbocycles. The zero-order valence-corrected chi connectivity index (χ0v) is 19.2. The Bertz CT molecular complexity index is 1280. The molecule has 0 spiro atoms. The zero-order chi connectivity index (χ0) is 23.4. The lowest BCUT2D eigenvalue weighted by Gasteiger charge is -2.19. The third-order valence-electron chi connectivity index (χ3n) is 5.72. The van der Waals surface area contributed by atoms with Gasteiger partial charge in [0.15, 0.2) is 0 Å². The number of carbonyl (C=O) groups is 2. The van der Waals surface area contributed by atoms with Gasteiger partial charge in [0, 0.05) is 28.7 Å².